The number of likely N-dealkylation sites (N-methyl/N-ethyl adjacent to an activating group) is 1. The van der Waals surface area contributed by atoms with Crippen molar-refractivity contribution < 1.29 is 18.4 Å². The van der Waals surface area contributed by atoms with Crippen molar-refractivity contribution >= 4 is 5.69 Å². The van der Waals surface area contributed by atoms with Crippen LogP contribution in [0.2, 0.25) is 0 Å². The average molecular weight is 257 g/mol. The Kier molecular flexibility index (Phi) is 4.51. The maximum atomic E-state index is 13.3. The van der Waals surface area contributed by atoms with E-state index in [-0.39, 0.29) is 6.61 Å². The van der Waals surface area contributed by atoms with Crippen LogP contribution >= 0.6 is 0 Å². The standard InChI is InChI=1S/C10H9F2N3O3/c1-14-6(4-13)5-18-10-3-7(11)9(15(16)17)2-8(10)12/h2-3,6,14H,5H2,1H3. The summed E-state index contributed by atoms with van der Waals surface area (Å²) >= 11 is 0. The van der Waals surface area contributed by atoms with E-state index in [1.54, 1.807) is 0 Å². The van der Waals surface area contributed by atoms with Gasteiger partial charge in [-0.2, -0.15) is 9.65 Å². The number of nitrogens with one attached hydrogen (secondary N) is 1. The Hall–Kier alpha value is -2.27. The zero-order valence-corrected chi connectivity index (χ0v) is 9.31. The van der Waals surface area contributed by atoms with Crippen LogP contribution in [0.4, 0.5) is 14.5 Å². The third-order valence-corrected chi connectivity index (χ3v) is 2.11. The number of rotatable bonds is 5. The van der Waals surface area contributed by atoms with E-state index in [1.807, 2.05) is 6.07 Å². The Labute approximate surface area is 101 Å². The van der Waals surface area contributed by atoms with Gasteiger partial charge in [0.05, 0.1) is 17.1 Å². The van der Waals surface area contributed by atoms with Crippen molar-refractivity contribution in [2.45, 2.75) is 6.04 Å². The predicted octanol–water partition coefficient (Wildman–Crippen LogP) is 1.36. The fourth-order valence-corrected chi connectivity index (χ4v) is 1.13. The van der Waals surface area contributed by atoms with Gasteiger partial charge < -0.3 is 10.1 Å². The Balaban J connectivity index is 2.89. The zero-order valence-electron chi connectivity index (χ0n) is 9.31. The maximum Gasteiger partial charge on any atom is 0.307 e. The third kappa shape index (κ3) is 3.11. The number of ether oxygens (including phenoxy) is 1. The Morgan fingerprint density at radius 1 is 1.56 bits per heavy atom. The summed E-state index contributed by atoms with van der Waals surface area (Å²) in [7, 11) is 1.50. The van der Waals surface area contributed by atoms with E-state index < -0.39 is 34.0 Å². The van der Waals surface area contributed by atoms with E-state index in [9.17, 15) is 18.9 Å². The third-order valence-electron chi connectivity index (χ3n) is 2.11. The number of nitriles is 1. The van der Waals surface area contributed by atoms with Gasteiger partial charge in [0.1, 0.15) is 12.6 Å². The number of nitro groups is 1. The van der Waals surface area contributed by atoms with Crippen molar-refractivity contribution in [3.05, 3.63) is 33.9 Å². The second kappa shape index (κ2) is 5.88. The lowest BCUT2D eigenvalue weighted by Gasteiger charge is -2.10. The molecule has 0 radical (unpaired) electrons. The Morgan fingerprint density at radius 2 is 2.22 bits per heavy atom. The summed E-state index contributed by atoms with van der Waals surface area (Å²) in [5.41, 5.74) is -0.967. The van der Waals surface area contributed by atoms with Gasteiger partial charge in [0.25, 0.3) is 0 Å². The lowest BCUT2D eigenvalue weighted by molar-refractivity contribution is -0.387. The Bertz CT molecular complexity index is 502. The average Bonchev–Trinajstić information content (AvgIpc) is 2.33. The van der Waals surface area contributed by atoms with Crippen LogP contribution in [0.3, 0.4) is 0 Å². The minimum absolute atomic E-state index is 0.207. The number of nitrogens with zero attached hydrogens (tertiary/aromatic N) is 2. The molecule has 1 aromatic carbocycles. The second-order valence-electron chi connectivity index (χ2n) is 3.27. The normalized spacial score (nSPS) is 11.7. The highest BCUT2D eigenvalue weighted by molar-refractivity contribution is 5.39. The summed E-state index contributed by atoms with van der Waals surface area (Å²) in [6.07, 6.45) is 0. The van der Waals surface area contributed by atoms with Gasteiger partial charge in [-0.3, -0.25) is 10.1 Å². The molecule has 0 fully saturated rings. The van der Waals surface area contributed by atoms with Gasteiger partial charge in [-0.05, 0) is 7.05 Å². The second-order valence-corrected chi connectivity index (χ2v) is 3.27. The minimum Gasteiger partial charge on any atom is -0.488 e. The number of halogens is 2. The van der Waals surface area contributed by atoms with E-state index in [1.165, 1.54) is 7.05 Å². The van der Waals surface area contributed by atoms with E-state index >= 15 is 0 Å². The van der Waals surface area contributed by atoms with Gasteiger partial charge >= 0.3 is 5.69 Å². The molecule has 0 saturated heterocycles. The maximum absolute atomic E-state index is 13.3. The molecule has 8 heteroatoms. The summed E-state index contributed by atoms with van der Waals surface area (Å²) in [5.74, 6) is -2.74. The summed E-state index contributed by atoms with van der Waals surface area (Å²) in [6, 6.07) is 2.15. The quantitative estimate of drug-likeness (QED) is 0.635. The molecule has 0 aliphatic rings. The molecule has 1 aromatic rings. The van der Waals surface area contributed by atoms with Crippen molar-refractivity contribution in [1.29, 1.82) is 5.26 Å². The van der Waals surface area contributed by atoms with Crippen molar-refractivity contribution in [3.8, 4) is 11.8 Å². The number of hydrogen-bond acceptors (Lipinski definition) is 5. The first-order chi connectivity index (χ1) is 8.49. The van der Waals surface area contributed by atoms with Gasteiger partial charge in [-0.15, -0.1) is 0 Å². The first-order valence-corrected chi connectivity index (χ1v) is 4.82. The summed E-state index contributed by atoms with van der Waals surface area (Å²) in [6.45, 7) is -0.207. The molecule has 1 rings (SSSR count). The van der Waals surface area contributed by atoms with Gasteiger partial charge in [-0.25, -0.2) is 4.39 Å². The molecular weight excluding hydrogens is 248 g/mol. The van der Waals surface area contributed by atoms with Crippen LogP contribution in [0.15, 0.2) is 12.1 Å². The lowest BCUT2D eigenvalue weighted by Crippen LogP contribution is -2.30. The SMILES string of the molecule is CNC(C#N)COc1cc(F)c([N+](=O)[O-])cc1F. The van der Waals surface area contributed by atoms with Crippen molar-refractivity contribution in [1.82, 2.24) is 5.32 Å². The van der Waals surface area contributed by atoms with Crippen LogP contribution < -0.4 is 10.1 Å². The van der Waals surface area contributed by atoms with E-state index in [0.29, 0.717) is 12.1 Å². The molecule has 1 unspecified atom stereocenters. The van der Waals surface area contributed by atoms with Crippen LogP contribution in [-0.4, -0.2) is 24.6 Å². The molecule has 0 heterocycles. The number of benzene rings is 1. The van der Waals surface area contributed by atoms with Crippen LogP contribution in [0, 0.1) is 33.1 Å². The van der Waals surface area contributed by atoms with E-state index in [2.05, 4.69) is 5.32 Å². The first-order valence-electron chi connectivity index (χ1n) is 4.82. The molecule has 96 valence electrons. The summed E-state index contributed by atoms with van der Waals surface area (Å²) in [4.78, 5) is 9.32. The van der Waals surface area contributed by atoms with Gasteiger partial charge in [0.2, 0.25) is 5.82 Å². The van der Waals surface area contributed by atoms with Crippen LogP contribution in [0.1, 0.15) is 0 Å². The van der Waals surface area contributed by atoms with E-state index in [0.717, 1.165) is 0 Å². The molecule has 0 aliphatic heterocycles. The van der Waals surface area contributed by atoms with Gasteiger partial charge in [0, 0.05) is 6.07 Å². The summed E-state index contributed by atoms with van der Waals surface area (Å²) < 4.78 is 31.4. The highest BCUT2D eigenvalue weighted by Crippen LogP contribution is 2.26. The molecule has 18 heavy (non-hydrogen) atoms. The number of nitro benzene ring substituents is 1. The topological polar surface area (TPSA) is 88.2 Å². The van der Waals surface area contributed by atoms with E-state index in [4.69, 9.17) is 10.00 Å². The van der Waals surface area contributed by atoms with Crippen LogP contribution in [0.5, 0.6) is 5.75 Å². The molecule has 0 bridgehead atoms. The molecule has 0 saturated carbocycles. The fourth-order valence-electron chi connectivity index (χ4n) is 1.13. The molecule has 1 atom stereocenters. The smallest absolute Gasteiger partial charge is 0.307 e. The molecule has 0 amide bonds. The van der Waals surface area contributed by atoms with Gasteiger partial charge in [0.15, 0.2) is 11.6 Å². The first kappa shape index (κ1) is 13.8. The highest BCUT2D eigenvalue weighted by Gasteiger charge is 2.19. The Morgan fingerprint density at radius 3 is 2.72 bits per heavy atom. The van der Waals surface area contributed by atoms with Crippen LogP contribution in [-0.2, 0) is 0 Å². The zero-order chi connectivity index (χ0) is 13.7. The van der Waals surface area contributed by atoms with Gasteiger partial charge in [-0.1, -0.05) is 0 Å². The lowest BCUT2D eigenvalue weighted by atomic mass is 10.2. The van der Waals surface area contributed by atoms with Crippen molar-refractivity contribution in [3.63, 3.8) is 0 Å². The molecule has 1 N–H and O–H groups in total. The molecule has 6 nitrogen and oxygen atoms in total. The van der Waals surface area contributed by atoms with Crippen molar-refractivity contribution in [2.75, 3.05) is 13.7 Å². The van der Waals surface area contributed by atoms with Crippen LogP contribution in [0.25, 0.3) is 0 Å². The fraction of sp³-hybridized carbons (Fsp3) is 0.300. The molecule has 0 aliphatic carbocycles. The molecule has 0 spiro atoms. The predicted molar refractivity (Wildman–Crippen MR) is 57.0 cm³/mol. The highest BCUT2D eigenvalue weighted by atomic mass is 19.1. The number of hydrogen-bond donors (Lipinski definition) is 1. The summed E-state index contributed by atoms with van der Waals surface area (Å²) in [5, 5.41) is 21.5. The molecular formula is C10H9F2N3O3. The minimum atomic E-state index is -1.20. The van der Waals surface area contributed by atoms with Crippen molar-refractivity contribution in [2.24, 2.45) is 0 Å². The largest absolute Gasteiger partial charge is 0.488 e. The monoisotopic (exact) mass is 257 g/mol. The molecule has 0 aromatic heterocycles.